The third-order valence-electron chi connectivity index (χ3n) is 0.517. The van der Waals surface area contributed by atoms with Gasteiger partial charge in [-0.1, -0.05) is 39.8 Å². The van der Waals surface area contributed by atoms with Gasteiger partial charge in [0.25, 0.3) is 0 Å². The Bertz CT molecular complexity index is 137. The highest BCUT2D eigenvalue weighted by molar-refractivity contribution is 5.29. The molecule has 0 amide bonds. The van der Waals surface area contributed by atoms with Crippen molar-refractivity contribution in [1.29, 1.82) is 0 Å². The molecule has 0 fully saturated rings. The van der Waals surface area contributed by atoms with Crippen LogP contribution >= 0.6 is 0 Å². The summed E-state index contributed by atoms with van der Waals surface area (Å²) >= 11 is 0. The molecule has 0 aliphatic heterocycles. The average molecular weight is 173 g/mol. The zero-order valence-corrected chi connectivity index (χ0v) is 8.82. The molecular weight excluding hydrogens is 153 g/mol. The van der Waals surface area contributed by atoms with Gasteiger partial charge in [-0.15, -0.1) is 0 Å². The lowest BCUT2D eigenvalue weighted by atomic mass is 10.3. The Morgan fingerprint density at radius 3 is 1.67 bits per heavy atom. The highest BCUT2D eigenvalue weighted by Crippen LogP contribution is 2.00. The minimum Gasteiger partial charge on any atom is -0.236 e. The van der Waals surface area contributed by atoms with Crippen LogP contribution in [0.1, 0.15) is 34.6 Å². The maximum Gasteiger partial charge on any atom is 0.212 e. The third-order valence-corrected chi connectivity index (χ3v) is 0.517. The van der Waals surface area contributed by atoms with Crippen molar-refractivity contribution in [2.75, 3.05) is 0 Å². The zero-order chi connectivity index (χ0) is 10.6. The highest BCUT2D eigenvalue weighted by atomic mass is 19.1. The molecule has 0 spiro atoms. The molecule has 0 aromatic heterocycles. The van der Waals surface area contributed by atoms with Crippen LogP contribution in [0.5, 0.6) is 0 Å². The van der Waals surface area contributed by atoms with E-state index in [1.165, 1.54) is 6.08 Å². The van der Waals surface area contributed by atoms with Crippen molar-refractivity contribution in [3.63, 3.8) is 0 Å². The summed E-state index contributed by atoms with van der Waals surface area (Å²) in [7, 11) is 0. The first-order valence-electron chi connectivity index (χ1n) is 4.16. The van der Waals surface area contributed by atoms with Gasteiger partial charge in [-0.25, -0.2) is 4.99 Å². The van der Waals surface area contributed by atoms with Crippen molar-refractivity contribution in [2.24, 2.45) is 4.99 Å². The van der Waals surface area contributed by atoms with E-state index in [0.717, 1.165) is 0 Å². The molecule has 0 aromatic carbocycles. The molecule has 0 radical (unpaired) electrons. The summed E-state index contributed by atoms with van der Waals surface area (Å²) in [6.45, 7) is 16.1. The Labute approximate surface area is 75.7 Å². The van der Waals surface area contributed by atoms with Crippen molar-refractivity contribution in [2.45, 2.75) is 34.6 Å². The SMILES string of the molecule is C=N/C(F)=C\C(=C)C.CC.CC. The second-order valence-corrected chi connectivity index (χ2v) is 1.47. The summed E-state index contributed by atoms with van der Waals surface area (Å²) < 4.78 is 12.0. The lowest BCUT2D eigenvalue weighted by molar-refractivity contribution is 0.629. The van der Waals surface area contributed by atoms with Gasteiger partial charge in [-0.2, -0.15) is 4.39 Å². The molecular formula is C10H20FN. The van der Waals surface area contributed by atoms with Gasteiger partial charge < -0.3 is 0 Å². The van der Waals surface area contributed by atoms with Crippen LogP contribution in [-0.2, 0) is 0 Å². The van der Waals surface area contributed by atoms with Crippen LogP contribution in [0.3, 0.4) is 0 Å². The normalized spacial score (nSPS) is 8.33. The topological polar surface area (TPSA) is 12.4 Å². The van der Waals surface area contributed by atoms with Crippen LogP contribution in [0, 0.1) is 0 Å². The maximum atomic E-state index is 12.0. The molecule has 0 aliphatic rings. The lowest BCUT2D eigenvalue weighted by Gasteiger charge is -1.83. The van der Waals surface area contributed by atoms with Crippen molar-refractivity contribution in [3.8, 4) is 0 Å². The quantitative estimate of drug-likeness (QED) is 0.338. The Hall–Kier alpha value is -0.920. The summed E-state index contributed by atoms with van der Waals surface area (Å²) in [4.78, 5) is 3.01. The van der Waals surface area contributed by atoms with Crippen LogP contribution in [0.2, 0.25) is 0 Å². The maximum absolute atomic E-state index is 12.0. The number of nitrogens with zero attached hydrogens (tertiary/aromatic N) is 1. The van der Waals surface area contributed by atoms with E-state index < -0.39 is 5.95 Å². The minimum absolute atomic E-state index is 0.586. The number of hydrogen-bond donors (Lipinski definition) is 0. The number of hydrogen-bond acceptors (Lipinski definition) is 1. The predicted octanol–water partition coefficient (Wildman–Crippen LogP) is 4.13. The zero-order valence-electron chi connectivity index (χ0n) is 8.82. The Morgan fingerprint density at radius 2 is 1.58 bits per heavy atom. The Kier molecular flexibility index (Phi) is 23.8. The van der Waals surface area contributed by atoms with Gasteiger partial charge in [-0.3, -0.25) is 0 Å². The van der Waals surface area contributed by atoms with E-state index in [9.17, 15) is 4.39 Å². The molecule has 0 saturated heterocycles. The van der Waals surface area contributed by atoms with E-state index in [0.29, 0.717) is 5.57 Å². The van der Waals surface area contributed by atoms with Gasteiger partial charge in [0.15, 0.2) is 0 Å². The van der Waals surface area contributed by atoms with Crippen molar-refractivity contribution < 1.29 is 4.39 Å². The molecule has 0 N–H and O–H groups in total. The average Bonchev–Trinajstić information content (AvgIpc) is 2.10. The minimum atomic E-state index is -0.586. The fourth-order valence-electron chi connectivity index (χ4n) is 0.249. The summed E-state index contributed by atoms with van der Waals surface area (Å²) in [5.74, 6) is -0.586. The lowest BCUT2D eigenvalue weighted by Crippen LogP contribution is -1.65. The van der Waals surface area contributed by atoms with Crippen LogP contribution in [0.15, 0.2) is 29.2 Å². The van der Waals surface area contributed by atoms with Gasteiger partial charge in [0, 0.05) is 0 Å². The van der Waals surface area contributed by atoms with Crippen LogP contribution in [0.25, 0.3) is 0 Å². The number of rotatable bonds is 2. The van der Waals surface area contributed by atoms with E-state index >= 15 is 0 Å². The van der Waals surface area contributed by atoms with Crippen molar-refractivity contribution >= 4 is 6.72 Å². The van der Waals surface area contributed by atoms with Crippen molar-refractivity contribution in [3.05, 3.63) is 24.2 Å². The molecule has 0 aliphatic carbocycles. The fourth-order valence-corrected chi connectivity index (χ4v) is 0.249. The third kappa shape index (κ3) is 23.0. The molecule has 12 heavy (non-hydrogen) atoms. The molecule has 0 heterocycles. The number of halogens is 1. The highest BCUT2D eigenvalue weighted by Gasteiger charge is 1.83. The van der Waals surface area contributed by atoms with Gasteiger partial charge in [0.1, 0.15) is 0 Å². The van der Waals surface area contributed by atoms with Gasteiger partial charge in [0.2, 0.25) is 5.95 Å². The van der Waals surface area contributed by atoms with Gasteiger partial charge >= 0.3 is 0 Å². The van der Waals surface area contributed by atoms with E-state index in [2.05, 4.69) is 18.3 Å². The second kappa shape index (κ2) is 16.6. The summed E-state index contributed by atoms with van der Waals surface area (Å²) in [6.07, 6.45) is 1.22. The second-order valence-electron chi connectivity index (χ2n) is 1.47. The predicted molar refractivity (Wildman–Crippen MR) is 56.3 cm³/mol. The first kappa shape index (κ1) is 17.2. The summed E-state index contributed by atoms with van der Waals surface area (Å²) in [5.41, 5.74) is 0.634. The molecule has 0 rings (SSSR count). The molecule has 72 valence electrons. The van der Waals surface area contributed by atoms with Crippen LogP contribution in [0.4, 0.5) is 4.39 Å². The molecule has 0 bridgehead atoms. The summed E-state index contributed by atoms with van der Waals surface area (Å²) in [6, 6.07) is 0. The van der Waals surface area contributed by atoms with Crippen molar-refractivity contribution in [1.82, 2.24) is 0 Å². The van der Waals surface area contributed by atoms with Crippen LogP contribution in [-0.4, -0.2) is 6.72 Å². The molecule has 0 aromatic rings. The monoisotopic (exact) mass is 173 g/mol. The van der Waals surface area contributed by atoms with E-state index in [4.69, 9.17) is 0 Å². The van der Waals surface area contributed by atoms with Crippen LogP contribution < -0.4 is 0 Å². The van der Waals surface area contributed by atoms with E-state index in [-0.39, 0.29) is 0 Å². The van der Waals surface area contributed by atoms with Gasteiger partial charge in [-0.05, 0) is 19.7 Å². The first-order chi connectivity index (χ1) is 5.66. The molecule has 0 saturated carbocycles. The fraction of sp³-hybridized carbons (Fsp3) is 0.500. The number of allylic oxidation sites excluding steroid dienone is 2. The molecule has 1 nitrogen and oxygen atoms in total. The smallest absolute Gasteiger partial charge is 0.212 e. The molecule has 0 unspecified atom stereocenters. The van der Waals surface area contributed by atoms with E-state index in [1.54, 1.807) is 6.92 Å². The first-order valence-corrected chi connectivity index (χ1v) is 4.16. The summed E-state index contributed by atoms with van der Waals surface area (Å²) in [5, 5.41) is 0. The Morgan fingerprint density at radius 1 is 1.25 bits per heavy atom. The van der Waals surface area contributed by atoms with E-state index in [1.807, 2.05) is 27.7 Å². The van der Waals surface area contributed by atoms with Gasteiger partial charge in [0.05, 0.1) is 0 Å². The number of aliphatic imine (C=N–C) groups is 1. The molecule has 0 atom stereocenters. The Balaban J connectivity index is -0.000000175. The molecule has 2 heteroatoms. The largest absolute Gasteiger partial charge is 0.236 e. The standard InChI is InChI=1S/C6H8FN.2C2H6/c1-5(2)4-6(7)8-3;2*1-2/h4H,1,3H2,2H3;2*1-2H3/b6-4-;;.